The normalized spacial score (nSPS) is 15.8. The Kier molecular flexibility index (Phi) is 5.75. The van der Waals surface area contributed by atoms with Crippen molar-refractivity contribution >= 4 is 18.0 Å². The Labute approximate surface area is 125 Å². The second-order valence-corrected chi connectivity index (χ2v) is 5.33. The molecule has 1 aliphatic heterocycles. The van der Waals surface area contributed by atoms with E-state index in [-0.39, 0.29) is 5.91 Å². The molecular weight excluding hydrogens is 266 g/mol. The maximum atomic E-state index is 11.9. The number of carbonyl (C=O) groups excluding carboxylic acids is 2. The second kappa shape index (κ2) is 7.78. The van der Waals surface area contributed by atoms with Gasteiger partial charge in [-0.2, -0.15) is 0 Å². The smallest absolute Gasteiger partial charge is 0.225 e. The summed E-state index contributed by atoms with van der Waals surface area (Å²) in [5.74, 6) is 0.0389. The Bertz CT molecular complexity index is 465. The Morgan fingerprint density at radius 1 is 1.19 bits per heavy atom. The zero-order valence-corrected chi connectivity index (χ0v) is 12.5. The minimum absolute atomic E-state index is 0.0389. The highest BCUT2D eigenvalue weighted by Gasteiger charge is 2.15. The van der Waals surface area contributed by atoms with Gasteiger partial charge in [-0.15, -0.1) is 0 Å². The van der Waals surface area contributed by atoms with Gasteiger partial charge in [-0.05, 0) is 24.1 Å². The summed E-state index contributed by atoms with van der Waals surface area (Å²) in [6.07, 6.45) is 2.38. The second-order valence-electron chi connectivity index (χ2n) is 5.33. The van der Waals surface area contributed by atoms with Crippen molar-refractivity contribution in [3.8, 4) is 0 Å². The number of piperazine rings is 1. The quantitative estimate of drug-likeness (QED) is 0.804. The van der Waals surface area contributed by atoms with Gasteiger partial charge in [-0.3, -0.25) is 14.5 Å². The van der Waals surface area contributed by atoms with E-state index in [1.165, 1.54) is 5.56 Å². The third-order valence-corrected chi connectivity index (χ3v) is 3.86. The molecule has 0 spiro atoms. The molecule has 1 N–H and O–H groups in total. The van der Waals surface area contributed by atoms with Gasteiger partial charge in [0.1, 0.15) is 0 Å². The molecule has 1 aromatic carbocycles. The molecule has 0 atom stereocenters. The lowest BCUT2D eigenvalue weighted by Crippen LogP contribution is -2.46. The van der Waals surface area contributed by atoms with Crippen LogP contribution in [0.15, 0.2) is 24.3 Å². The fourth-order valence-electron chi connectivity index (χ4n) is 2.40. The summed E-state index contributed by atoms with van der Waals surface area (Å²) in [5.41, 5.74) is 2.11. The summed E-state index contributed by atoms with van der Waals surface area (Å²) in [4.78, 5) is 26.5. The molecule has 1 aromatic rings. The Morgan fingerprint density at radius 3 is 2.43 bits per heavy atom. The van der Waals surface area contributed by atoms with E-state index < -0.39 is 0 Å². The van der Waals surface area contributed by atoms with Gasteiger partial charge in [0.05, 0.1) is 0 Å². The molecular formula is C16H23N3O2. The van der Waals surface area contributed by atoms with Crippen LogP contribution in [0.3, 0.4) is 0 Å². The Morgan fingerprint density at radius 2 is 1.86 bits per heavy atom. The highest BCUT2D eigenvalue weighted by atomic mass is 16.1. The lowest BCUT2D eigenvalue weighted by atomic mass is 10.1. The Hall–Kier alpha value is -1.88. The largest absolute Gasteiger partial charge is 0.343 e. The zero-order chi connectivity index (χ0) is 15.1. The summed E-state index contributed by atoms with van der Waals surface area (Å²) in [6, 6.07) is 7.96. The molecule has 21 heavy (non-hydrogen) atoms. The van der Waals surface area contributed by atoms with Crippen LogP contribution in [0, 0.1) is 0 Å². The van der Waals surface area contributed by atoms with E-state index in [0.29, 0.717) is 6.42 Å². The molecule has 1 heterocycles. The molecule has 1 aliphatic rings. The molecule has 0 radical (unpaired) electrons. The molecule has 0 aliphatic carbocycles. The number of nitrogens with zero attached hydrogens (tertiary/aromatic N) is 2. The first-order valence-corrected chi connectivity index (χ1v) is 7.51. The fourth-order valence-corrected chi connectivity index (χ4v) is 2.40. The number of amides is 2. The van der Waals surface area contributed by atoms with Crippen LogP contribution in [0.25, 0.3) is 0 Å². The number of anilines is 1. The first kappa shape index (κ1) is 15.5. The maximum Gasteiger partial charge on any atom is 0.225 e. The number of carbonyl (C=O) groups is 2. The number of hydrogen-bond acceptors (Lipinski definition) is 3. The van der Waals surface area contributed by atoms with Crippen molar-refractivity contribution < 1.29 is 9.59 Å². The van der Waals surface area contributed by atoms with Crippen LogP contribution < -0.4 is 5.32 Å². The van der Waals surface area contributed by atoms with E-state index in [4.69, 9.17) is 0 Å². The van der Waals surface area contributed by atoms with E-state index in [0.717, 1.165) is 51.2 Å². The van der Waals surface area contributed by atoms with Crippen LogP contribution in [0.1, 0.15) is 18.9 Å². The van der Waals surface area contributed by atoms with Crippen molar-refractivity contribution in [2.75, 3.05) is 38.0 Å². The third-order valence-electron chi connectivity index (χ3n) is 3.86. The van der Waals surface area contributed by atoms with Crippen LogP contribution in [0.4, 0.5) is 5.69 Å². The van der Waals surface area contributed by atoms with E-state index in [1.807, 2.05) is 24.3 Å². The topological polar surface area (TPSA) is 52.7 Å². The third kappa shape index (κ3) is 4.86. The number of hydrogen-bond donors (Lipinski definition) is 1. The van der Waals surface area contributed by atoms with Crippen LogP contribution in [0.2, 0.25) is 0 Å². The van der Waals surface area contributed by atoms with E-state index >= 15 is 0 Å². The predicted octanol–water partition coefficient (Wildman–Crippen LogP) is 1.35. The van der Waals surface area contributed by atoms with Crippen LogP contribution in [0.5, 0.6) is 0 Å². The number of rotatable bonds is 6. The van der Waals surface area contributed by atoms with Crippen LogP contribution >= 0.6 is 0 Å². The number of benzene rings is 1. The molecule has 1 saturated heterocycles. The Balaban J connectivity index is 1.71. The molecule has 0 aromatic heterocycles. The summed E-state index contributed by atoms with van der Waals surface area (Å²) in [7, 11) is 0. The molecule has 0 unspecified atom stereocenters. The summed E-state index contributed by atoms with van der Waals surface area (Å²) in [6.45, 7) is 6.05. The minimum Gasteiger partial charge on any atom is -0.343 e. The summed E-state index contributed by atoms with van der Waals surface area (Å²) in [5, 5.41) is 2.92. The molecule has 114 valence electrons. The molecule has 1 fully saturated rings. The van der Waals surface area contributed by atoms with Crippen molar-refractivity contribution in [1.82, 2.24) is 9.80 Å². The summed E-state index contributed by atoms with van der Waals surface area (Å²) >= 11 is 0. The lowest BCUT2D eigenvalue weighted by molar-refractivity contribution is -0.120. The van der Waals surface area contributed by atoms with Gasteiger partial charge in [0.25, 0.3) is 0 Å². The first-order chi connectivity index (χ1) is 10.2. The van der Waals surface area contributed by atoms with Gasteiger partial charge in [-0.1, -0.05) is 19.1 Å². The van der Waals surface area contributed by atoms with Crippen molar-refractivity contribution in [3.63, 3.8) is 0 Å². The van der Waals surface area contributed by atoms with E-state index in [2.05, 4.69) is 17.1 Å². The lowest BCUT2D eigenvalue weighted by Gasteiger charge is -2.32. The molecule has 2 rings (SSSR count). The molecule has 5 heteroatoms. The van der Waals surface area contributed by atoms with E-state index in [1.54, 1.807) is 4.90 Å². The summed E-state index contributed by atoms with van der Waals surface area (Å²) < 4.78 is 0. The number of aryl methyl sites for hydroxylation is 1. The molecule has 0 bridgehead atoms. The monoisotopic (exact) mass is 289 g/mol. The first-order valence-electron chi connectivity index (χ1n) is 7.51. The average Bonchev–Trinajstić information content (AvgIpc) is 2.54. The van der Waals surface area contributed by atoms with Crippen molar-refractivity contribution in [2.45, 2.75) is 19.8 Å². The van der Waals surface area contributed by atoms with Gasteiger partial charge >= 0.3 is 0 Å². The van der Waals surface area contributed by atoms with Gasteiger partial charge in [-0.25, -0.2) is 0 Å². The van der Waals surface area contributed by atoms with Crippen molar-refractivity contribution in [3.05, 3.63) is 29.8 Å². The van der Waals surface area contributed by atoms with Gasteiger partial charge in [0.15, 0.2) is 0 Å². The molecule has 5 nitrogen and oxygen atoms in total. The van der Waals surface area contributed by atoms with Gasteiger partial charge in [0.2, 0.25) is 12.3 Å². The predicted molar refractivity (Wildman–Crippen MR) is 83.1 cm³/mol. The maximum absolute atomic E-state index is 11.9. The van der Waals surface area contributed by atoms with Crippen molar-refractivity contribution in [1.29, 1.82) is 0 Å². The minimum atomic E-state index is 0.0389. The molecule has 0 saturated carbocycles. The molecule has 2 amide bonds. The number of nitrogens with one attached hydrogen (secondary N) is 1. The van der Waals surface area contributed by atoms with Crippen LogP contribution in [-0.2, 0) is 16.0 Å². The van der Waals surface area contributed by atoms with E-state index in [9.17, 15) is 9.59 Å². The zero-order valence-electron chi connectivity index (χ0n) is 12.5. The van der Waals surface area contributed by atoms with Gasteiger partial charge < -0.3 is 10.2 Å². The van der Waals surface area contributed by atoms with Gasteiger partial charge in [0, 0.05) is 44.8 Å². The van der Waals surface area contributed by atoms with Crippen molar-refractivity contribution in [2.24, 2.45) is 0 Å². The highest BCUT2D eigenvalue weighted by molar-refractivity contribution is 5.90. The van der Waals surface area contributed by atoms with Crippen LogP contribution in [-0.4, -0.2) is 54.8 Å². The average molecular weight is 289 g/mol. The standard InChI is InChI=1S/C16H23N3O2/c1-2-14-3-5-15(6-4-14)17-16(21)7-8-18-9-11-19(13-20)12-10-18/h3-6,13H,2,7-12H2,1H3,(H,17,21). The highest BCUT2D eigenvalue weighted by Crippen LogP contribution is 2.10. The fraction of sp³-hybridized carbons (Fsp3) is 0.500. The SMILES string of the molecule is CCc1ccc(NC(=O)CCN2CCN(C=O)CC2)cc1.